The zero-order chi connectivity index (χ0) is 4.00. The predicted octanol–water partition coefficient (Wildman–Crippen LogP) is 1.06. The minimum Gasteiger partial charge on any atom is -0.333 e. The molecule has 0 amide bonds. The van der Waals surface area contributed by atoms with Gasteiger partial charge in [-0.15, -0.1) is 0 Å². The molecule has 4 N–H and O–H groups in total. The summed E-state index contributed by atoms with van der Waals surface area (Å²) < 4.78 is 0. The summed E-state index contributed by atoms with van der Waals surface area (Å²) in [6, 6.07) is 0. The highest BCUT2D eigenvalue weighted by Gasteiger charge is 0.838. The highest BCUT2D eigenvalue weighted by Crippen LogP contribution is 0.471. The van der Waals surface area contributed by atoms with Crippen molar-refractivity contribution in [2.24, 2.45) is 11.5 Å². The van der Waals surface area contributed by atoms with Gasteiger partial charge in [-0.3, -0.25) is 0 Å². The maximum atomic E-state index is 4.50. The SMILES string of the molecule is C.C.C.CN.CN. The zero-order valence-corrected chi connectivity index (χ0v) is 3.15. The summed E-state index contributed by atoms with van der Waals surface area (Å²) in [5, 5.41) is 0. The molecule has 52 valence electrons. The molecule has 0 rings (SSSR count). The Hall–Kier alpha value is -0.0800. The zero-order valence-electron chi connectivity index (χ0n) is 3.15. The highest BCUT2D eigenvalue weighted by atomic mass is 14.4. The molecule has 7 heavy (non-hydrogen) atoms. The molecule has 0 aliphatic carbocycles. The van der Waals surface area contributed by atoms with Crippen LogP contribution in [-0.4, -0.2) is 14.1 Å². The number of rotatable bonds is 0. The Morgan fingerprint density at radius 3 is 0.571 bits per heavy atom. The molecule has 2 heteroatoms. The Morgan fingerprint density at radius 2 is 0.571 bits per heavy atom. The molecule has 0 unspecified atom stereocenters. The largest absolute Gasteiger partial charge is 0.333 e. The Kier molecular flexibility index (Phi) is 210000. The maximum absolute atomic E-state index is 4.50. The third kappa shape index (κ3) is 14200. The van der Waals surface area contributed by atoms with Crippen molar-refractivity contribution in [3.63, 3.8) is 0 Å². The van der Waals surface area contributed by atoms with Gasteiger partial charge in [-0.2, -0.15) is 0 Å². The Balaban J connectivity index is -0.00000000267. The monoisotopic (exact) mass is 110 g/mol. The van der Waals surface area contributed by atoms with Crippen LogP contribution >= 0.6 is 0 Å². The molecule has 0 aliphatic rings. The lowest BCUT2D eigenvalue weighted by Crippen LogP contribution is -1.69. The molecule has 0 radical (unpaired) electrons. The van der Waals surface area contributed by atoms with Gasteiger partial charge >= 0.3 is 0 Å². The lowest BCUT2D eigenvalue weighted by atomic mass is 11.6. The first-order valence-electron chi connectivity index (χ1n) is 1.15. The van der Waals surface area contributed by atoms with Crippen LogP contribution in [0.2, 0.25) is 0 Å². The lowest BCUT2D eigenvalue weighted by molar-refractivity contribution is 1.48. The van der Waals surface area contributed by atoms with Crippen LogP contribution in [0.1, 0.15) is 22.3 Å². The van der Waals surface area contributed by atoms with Gasteiger partial charge in [0.2, 0.25) is 0 Å². The molecule has 0 saturated carbocycles. The molecule has 0 atom stereocenters. The molecule has 0 aliphatic heterocycles. The van der Waals surface area contributed by atoms with E-state index in [1.54, 1.807) is 0 Å². The van der Waals surface area contributed by atoms with Crippen molar-refractivity contribution in [2.75, 3.05) is 14.1 Å². The quantitative estimate of drug-likeness (QED) is 0.490. The molecule has 0 fully saturated rings. The Labute approximate surface area is 48.9 Å². The lowest BCUT2D eigenvalue weighted by Gasteiger charge is -1.19. The van der Waals surface area contributed by atoms with Gasteiger partial charge in [0.1, 0.15) is 0 Å². The minimum atomic E-state index is 0. The summed E-state index contributed by atoms with van der Waals surface area (Å²) in [5.41, 5.74) is 9.00. The van der Waals surface area contributed by atoms with Crippen molar-refractivity contribution in [3.8, 4) is 0 Å². The first kappa shape index (κ1) is 65.8. The van der Waals surface area contributed by atoms with Crippen molar-refractivity contribution in [1.29, 1.82) is 0 Å². The predicted molar refractivity (Wildman–Crippen MR) is 40.4 cm³/mol. The molecule has 0 saturated heterocycles. The third-order valence-corrected chi connectivity index (χ3v) is 0. The van der Waals surface area contributed by atoms with E-state index in [1.807, 2.05) is 0 Å². The van der Waals surface area contributed by atoms with Crippen LogP contribution in [-0.2, 0) is 0 Å². The summed E-state index contributed by atoms with van der Waals surface area (Å²) in [5.74, 6) is 0. The van der Waals surface area contributed by atoms with Crippen LogP contribution < -0.4 is 11.5 Å². The summed E-state index contributed by atoms with van der Waals surface area (Å²) in [6.45, 7) is 0. The topological polar surface area (TPSA) is 52.0 Å². The normalized spacial score (nSPS) is 1.71. The molecular formula is C5H22N2. The molecule has 0 aromatic carbocycles. The molecule has 0 spiro atoms. The Morgan fingerprint density at radius 1 is 0.571 bits per heavy atom. The van der Waals surface area contributed by atoms with Gasteiger partial charge in [0, 0.05) is 0 Å². The fourth-order valence-electron chi connectivity index (χ4n) is 0. The minimum absolute atomic E-state index is 0. The van der Waals surface area contributed by atoms with Crippen LogP contribution in [0.25, 0.3) is 0 Å². The summed E-state index contributed by atoms with van der Waals surface area (Å²) in [4.78, 5) is 0. The molecule has 0 bridgehead atoms. The van der Waals surface area contributed by atoms with Gasteiger partial charge in [0.15, 0.2) is 0 Å². The summed E-state index contributed by atoms with van der Waals surface area (Å²) in [7, 11) is 3.00. The van der Waals surface area contributed by atoms with Crippen LogP contribution in [0, 0.1) is 0 Å². The van der Waals surface area contributed by atoms with E-state index in [-0.39, 0.29) is 22.3 Å². The van der Waals surface area contributed by atoms with Crippen molar-refractivity contribution >= 4 is 0 Å². The fraction of sp³-hybridized carbons (Fsp3) is 1.00. The molecule has 0 heterocycles. The van der Waals surface area contributed by atoms with E-state index in [0.717, 1.165) is 0 Å². The van der Waals surface area contributed by atoms with Crippen molar-refractivity contribution in [2.45, 2.75) is 22.3 Å². The van der Waals surface area contributed by atoms with Crippen molar-refractivity contribution in [3.05, 3.63) is 0 Å². The summed E-state index contributed by atoms with van der Waals surface area (Å²) >= 11 is 0. The molecule has 0 aromatic heterocycles. The van der Waals surface area contributed by atoms with Gasteiger partial charge in [0.05, 0.1) is 0 Å². The smallest absolute Gasteiger partial charge is 0.0195 e. The number of hydrogen-bond donors (Lipinski definition) is 2. The average molecular weight is 110 g/mol. The van der Waals surface area contributed by atoms with Gasteiger partial charge in [0.25, 0.3) is 0 Å². The molecule has 2 nitrogen and oxygen atoms in total. The van der Waals surface area contributed by atoms with Gasteiger partial charge in [-0.1, -0.05) is 22.3 Å². The highest BCUT2D eigenvalue weighted by molar-refractivity contribution is 3.54. The van der Waals surface area contributed by atoms with Crippen LogP contribution in [0.3, 0.4) is 0 Å². The van der Waals surface area contributed by atoms with E-state index in [0.29, 0.717) is 0 Å². The Bertz CT molecular complexity index is 6.04. The van der Waals surface area contributed by atoms with E-state index in [9.17, 15) is 0 Å². The number of hydrogen-bond acceptors (Lipinski definition) is 2. The molecular weight excluding hydrogens is 88.1 g/mol. The second-order valence-electron chi connectivity index (χ2n) is 0. The van der Waals surface area contributed by atoms with Crippen molar-refractivity contribution < 1.29 is 0 Å². The fourth-order valence-corrected chi connectivity index (χ4v) is 0. The van der Waals surface area contributed by atoms with E-state index >= 15 is 0 Å². The standard InChI is InChI=1S/2CH5N.3CH4/c2*1-2;;;/h2*2H2,1H3;3*1H4. The maximum Gasteiger partial charge on any atom is -0.0195 e. The van der Waals surface area contributed by atoms with Crippen molar-refractivity contribution in [1.82, 2.24) is 0 Å². The number of nitrogens with two attached hydrogens (primary N) is 2. The molecule has 0 aromatic rings. The van der Waals surface area contributed by atoms with Gasteiger partial charge < -0.3 is 11.5 Å². The van der Waals surface area contributed by atoms with Crippen LogP contribution in [0.5, 0.6) is 0 Å². The average Bonchev–Trinajstić information content (AvgIpc) is 1.50. The van der Waals surface area contributed by atoms with E-state index in [2.05, 4.69) is 11.5 Å². The van der Waals surface area contributed by atoms with Gasteiger partial charge in [-0.25, -0.2) is 0 Å². The van der Waals surface area contributed by atoms with E-state index in [1.165, 1.54) is 14.1 Å². The second kappa shape index (κ2) is 22400. The van der Waals surface area contributed by atoms with Crippen LogP contribution in [0.15, 0.2) is 0 Å². The first-order valence-corrected chi connectivity index (χ1v) is 1.15. The van der Waals surface area contributed by atoms with Crippen LogP contribution in [0.4, 0.5) is 0 Å². The summed E-state index contributed by atoms with van der Waals surface area (Å²) in [6.07, 6.45) is 0. The first-order chi connectivity index (χ1) is 2.00. The third-order valence-electron chi connectivity index (χ3n) is 0. The second-order valence-corrected chi connectivity index (χ2v) is 0. The van der Waals surface area contributed by atoms with E-state index in [4.69, 9.17) is 0 Å². The van der Waals surface area contributed by atoms with Gasteiger partial charge in [-0.05, 0) is 14.1 Å². The van der Waals surface area contributed by atoms with E-state index < -0.39 is 0 Å².